The van der Waals surface area contributed by atoms with Gasteiger partial charge in [0.25, 0.3) is 0 Å². The molecule has 24 heavy (non-hydrogen) atoms. The van der Waals surface area contributed by atoms with Gasteiger partial charge in [-0.3, -0.25) is 9.58 Å². The molecule has 130 valence electrons. The van der Waals surface area contributed by atoms with Crippen molar-refractivity contribution in [3.05, 3.63) is 53.3 Å². The average molecular weight is 326 g/mol. The van der Waals surface area contributed by atoms with E-state index in [9.17, 15) is 0 Å². The van der Waals surface area contributed by atoms with E-state index in [0.29, 0.717) is 0 Å². The fraction of sp³-hybridized carbons (Fsp3) is 0.550. The molecule has 1 saturated heterocycles. The number of benzene rings is 1. The van der Waals surface area contributed by atoms with Crippen molar-refractivity contribution in [3.63, 3.8) is 0 Å². The van der Waals surface area contributed by atoms with Crippen LogP contribution in [-0.4, -0.2) is 34.3 Å². The van der Waals surface area contributed by atoms with Crippen LogP contribution in [0.1, 0.15) is 36.1 Å². The van der Waals surface area contributed by atoms with Gasteiger partial charge in [-0.05, 0) is 44.3 Å². The SMILES string of the molecule is Cc1c(CNCC2CCCCN(Cc3ccccc3)C2)cnn1C. The molecule has 0 spiro atoms. The lowest BCUT2D eigenvalue weighted by Gasteiger charge is -2.24. The van der Waals surface area contributed by atoms with Gasteiger partial charge in [0.05, 0.1) is 6.20 Å². The van der Waals surface area contributed by atoms with Gasteiger partial charge < -0.3 is 5.32 Å². The summed E-state index contributed by atoms with van der Waals surface area (Å²) in [7, 11) is 2.01. The monoisotopic (exact) mass is 326 g/mol. The molecular formula is C20H30N4. The quantitative estimate of drug-likeness (QED) is 0.885. The Kier molecular flexibility index (Phi) is 6.05. The fourth-order valence-corrected chi connectivity index (χ4v) is 3.60. The summed E-state index contributed by atoms with van der Waals surface area (Å²) in [5.41, 5.74) is 4.00. The van der Waals surface area contributed by atoms with Gasteiger partial charge in [0.1, 0.15) is 0 Å². The predicted molar refractivity (Wildman–Crippen MR) is 98.7 cm³/mol. The molecule has 0 saturated carbocycles. The van der Waals surface area contributed by atoms with Gasteiger partial charge in [-0.1, -0.05) is 36.8 Å². The highest BCUT2D eigenvalue weighted by Gasteiger charge is 2.18. The Morgan fingerprint density at radius 3 is 2.79 bits per heavy atom. The summed E-state index contributed by atoms with van der Waals surface area (Å²) in [5, 5.41) is 7.98. The average Bonchev–Trinajstić information content (AvgIpc) is 2.78. The van der Waals surface area contributed by atoms with Crippen LogP contribution in [0.3, 0.4) is 0 Å². The lowest BCUT2D eigenvalue weighted by Crippen LogP contribution is -2.33. The maximum Gasteiger partial charge on any atom is 0.0537 e. The summed E-state index contributed by atoms with van der Waals surface area (Å²) in [6.07, 6.45) is 6.00. The molecule has 1 aromatic heterocycles. The van der Waals surface area contributed by atoms with Crippen LogP contribution >= 0.6 is 0 Å². The van der Waals surface area contributed by atoms with Crippen LogP contribution in [-0.2, 0) is 20.1 Å². The lowest BCUT2D eigenvalue weighted by atomic mass is 10.0. The van der Waals surface area contributed by atoms with E-state index >= 15 is 0 Å². The Morgan fingerprint density at radius 2 is 2.04 bits per heavy atom. The van der Waals surface area contributed by atoms with Crippen LogP contribution < -0.4 is 5.32 Å². The van der Waals surface area contributed by atoms with Crippen molar-refractivity contribution in [2.24, 2.45) is 13.0 Å². The first kappa shape index (κ1) is 17.2. The molecule has 0 radical (unpaired) electrons. The van der Waals surface area contributed by atoms with Gasteiger partial charge >= 0.3 is 0 Å². The highest BCUT2D eigenvalue weighted by Crippen LogP contribution is 2.18. The summed E-state index contributed by atoms with van der Waals surface area (Å²) in [6.45, 7) is 7.67. The molecule has 2 heterocycles. The number of likely N-dealkylation sites (tertiary alicyclic amines) is 1. The summed E-state index contributed by atoms with van der Waals surface area (Å²) in [4.78, 5) is 2.63. The first-order chi connectivity index (χ1) is 11.7. The van der Waals surface area contributed by atoms with Gasteiger partial charge in [-0.25, -0.2) is 0 Å². The highest BCUT2D eigenvalue weighted by molar-refractivity contribution is 5.15. The van der Waals surface area contributed by atoms with E-state index in [1.165, 1.54) is 49.2 Å². The van der Waals surface area contributed by atoms with E-state index < -0.39 is 0 Å². The third-order valence-corrected chi connectivity index (χ3v) is 5.19. The molecule has 4 heteroatoms. The minimum absolute atomic E-state index is 0.744. The first-order valence-electron chi connectivity index (χ1n) is 9.17. The van der Waals surface area contributed by atoms with Gasteiger partial charge in [-0.2, -0.15) is 5.10 Å². The second-order valence-corrected chi connectivity index (χ2v) is 7.09. The number of aromatic nitrogens is 2. The lowest BCUT2D eigenvalue weighted by molar-refractivity contribution is 0.237. The van der Waals surface area contributed by atoms with Crippen molar-refractivity contribution >= 4 is 0 Å². The zero-order valence-electron chi connectivity index (χ0n) is 15.0. The van der Waals surface area contributed by atoms with Crippen molar-refractivity contribution < 1.29 is 0 Å². The number of nitrogens with one attached hydrogen (secondary N) is 1. The van der Waals surface area contributed by atoms with E-state index in [-0.39, 0.29) is 0 Å². The normalized spacial score (nSPS) is 19.3. The van der Waals surface area contributed by atoms with Crippen molar-refractivity contribution in [1.29, 1.82) is 0 Å². The van der Waals surface area contributed by atoms with Crippen LogP contribution in [0.2, 0.25) is 0 Å². The highest BCUT2D eigenvalue weighted by atomic mass is 15.3. The van der Waals surface area contributed by atoms with Crippen LogP contribution in [0, 0.1) is 12.8 Å². The Bertz CT molecular complexity index is 620. The standard InChI is InChI=1S/C20H30N4/c1-17-20(14-22-23(17)2)13-21-12-19-10-6-7-11-24(16-19)15-18-8-4-3-5-9-18/h3-5,8-9,14,19,21H,6-7,10-13,15-16H2,1-2H3. The van der Waals surface area contributed by atoms with E-state index in [1.54, 1.807) is 0 Å². The molecule has 4 nitrogen and oxygen atoms in total. The zero-order chi connectivity index (χ0) is 16.8. The van der Waals surface area contributed by atoms with Gasteiger partial charge in [0.15, 0.2) is 0 Å². The molecule has 1 unspecified atom stereocenters. The number of aryl methyl sites for hydroxylation is 1. The fourth-order valence-electron chi connectivity index (χ4n) is 3.60. The summed E-state index contributed by atoms with van der Waals surface area (Å²) in [5.74, 6) is 0.744. The summed E-state index contributed by atoms with van der Waals surface area (Å²) in [6, 6.07) is 10.9. The first-order valence-corrected chi connectivity index (χ1v) is 9.17. The minimum Gasteiger partial charge on any atom is -0.312 e. The molecule has 0 bridgehead atoms. The van der Waals surface area contributed by atoms with Crippen LogP contribution in [0.5, 0.6) is 0 Å². The van der Waals surface area contributed by atoms with Crippen molar-refractivity contribution in [1.82, 2.24) is 20.0 Å². The molecule has 1 atom stereocenters. The van der Waals surface area contributed by atoms with Crippen LogP contribution in [0.15, 0.2) is 36.5 Å². The van der Waals surface area contributed by atoms with Crippen LogP contribution in [0.25, 0.3) is 0 Å². The van der Waals surface area contributed by atoms with Crippen LogP contribution in [0.4, 0.5) is 0 Å². The number of rotatable bonds is 6. The molecule has 0 aliphatic carbocycles. The Morgan fingerprint density at radius 1 is 1.21 bits per heavy atom. The summed E-state index contributed by atoms with van der Waals surface area (Å²) >= 11 is 0. The maximum absolute atomic E-state index is 4.32. The van der Waals surface area contributed by atoms with E-state index in [2.05, 4.69) is 52.6 Å². The predicted octanol–water partition coefficient (Wildman–Crippen LogP) is 3.12. The largest absolute Gasteiger partial charge is 0.312 e. The molecule has 1 N–H and O–H groups in total. The molecule has 1 aromatic carbocycles. The smallest absolute Gasteiger partial charge is 0.0537 e. The molecule has 3 rings (SSSR count). The summed E-state index contributed by atoms with van der Waals surface area (Å²) < 4.78 is 1.95. The molecule has 1 aliphatic heterocycles. The minimum atomic E-state index is 0.744. The van der Waals surface area contributed by atoms with Gasteiger partial charge in [-0.15, -0.1) is 0 Å². The number of nitrogens with zero attached hydrogens (tertiary/aromatic N) is 3. The van der Waals surface area contributed by atoms with E-state index in [0.717, 1.165) is 25.6 Å². The number of hydrogen-bond acceptors (Lipinski definition) is 3. The Balaban J connectivity index is 1.48. The number of hydrogen-bond donors (Lipinski definition) is 1. The Hall–Kier alpha value is -1.65. The van der Waals surface area contributed by atoms with Gasteiger partial charge in [0.2, 0.25) is 0 Å². The second-order valence-electron chi connectivity index (χ2n) is 7.09. The third-order valence-electron chi connectivity index (χ3n) is 5.19. The third kappa shape index (κ3) is 4.68. The zero-order valence-corrected chi connectivity index (χ0v) is 15.0. The van der Waals surface area contributed by atoms with Gasteiger partial charge in [0, 0.05) is 37.9 Å². The molecular weight excluding hydrogens is 296 g/mol. The molecule has 2 aromatic rings. The van der Waals surface area contributed by atoms with Crippen molar-refractivity contribution in [2.75, 3.05) is 19.6 Å². The maximum atomic E-state index is 4.32. The molecule has 1 aliphatic rings. The van der Waals surface area contributed by atoms with Crippen molar-refractivity contribution in [2.45, 2.75) is 39.3 Å². The molecule has 0 amide bonds. The van der Waals surface area contributed by atoms with E-state index in [1.807, 2.05) is 17.9 Å². The molecule has 1 fully saturated rings. The topological polar surface area (TPSA) is 33.1 Å². The second kappa shape index (κ2) is 8.45. The van der Waals surface area contributed by atoms with E-state index in [4.69, 9.17) is 0 Å². The van der Waals surface area contributed by atoms with Crippen molar-refractivity contribution in [3.8, 4) is 0 Å². The Labute approximate surface area is 145 Å².